The van der Waals surface area contributed by atoms with Gasteiger partial charge in [0.1, 0.15) is 45.4 Å². The van der Waals surface area contributed by atoms with Crippen LogP contribution in [-0.2, 0) is 81.7 Å². The molecule has 12 aromatic carbocycles. The Balaban J connectivity index is 0.000000154. The highest BCUT2D eigenvalue weighted by molar-refractivity contribution is 7.98. The van der Waals surface area contributed by atoms with Gasteiger partial charge in [0.25, 0.3) is 0 Å². The summed E-state index contributed by atoms with van der Waals surface area (Å²) in [4.78, 5) is 64.6. The maximum absolute atomic E-state index is 12.7. The molecule has 3 aliphatic carbocycles. The average Bonchev–Trinajstić information content (AvgIpc) is 1.46. The van der Waals surface area contributed by atoms with Crippen LogP contribution in [0.2, 0.25) is 0 Å². The van der Waals surface area contributed by atoms with E-state index >= 15 is 0 Å². The molecule has 0 bridgehead atoms. The molecule has 16 heteroatoms. The van der Waals surface area contributed by atoms with Crippen LogP contribution in [-0.4, -0.2) is 72.7 Å². The Kier molecular flexibility index (Phi) is 35.4. The zero-order valence-corrected chi connectivity index (χ0v) is 78.7. The molecule has 0 radical (unpaired) electrons. The molecule has 660 valence electrons. The zero-order chi connectivity index (χ0) is 89.4. The molecule has 12 nitrogen and oxygen atoms in total. The molecule has 0 aromatic heterocycles. The molecule has 12 aromatic rings. The molecule has 15 rings (SSSR count). The maximum atomic E-state index is 12.7. The van der Waals surface area contributed by atoms with Crippen molar-refractivity contribution in [1.82, 2.24) is 0 Å². The first-order valence-corrected chi connectivity index (χ1v) is 49.7. The van der Waals surface area contributed by atoms with E-state index in [-0.39, 0.29) is 111 Å². The third-order valence-corrected chi connectivity index (χ3v) is 31.9. The summed E-state index contributed by atoms with van der Waals surface area (Å²) in [5.41, 5.74) is 2.72. The molecule has 0 unspecified atom stereocenters. The molecule has 3 fully saturated rings. The van der Waals surface area contributed by atoms with Gasteiger partial charge >= 0.3 is 23.9 Å². The molecule has 3 aliphatic rings. The van der Waals surface area contributed by atoms with Gasteiger partial charge in [-0.3, -0.25) is 0 Å². The lowest BCUT2D eigenvalue weighted by Gasteiger charge is -2.35. The van der Waals surface area contributed by atoms with Crippen LogP contribution in [0.1, 0.15) is 173 Å². The van der Waals surface area contributed by atoms with E-state index in [0.717, 1.165) is 130 Å². The second-order valence-corrected chi connectivity index (χ2v) is 41.7. The third kappa shape index (κ3) is 27.6. The van der Waals surface area contributed by atoms with E-state index in [2.05, 4.69) is 289 Å². The normalized spacial score (nSPS) is 14.3. The van der Waals surface area contributed by atoms with Gasteiger partial charge in [-0.05, 0) is 313 Å². The van der Waals surface area contributed by atoms with Gasteiger partial charge in [-0.2, -0.15) is 0 Å². The van der Waals surface area contributed by atoms with E-state index in [1.807, 2.05) is 95.3 Å². The largest absolute Gasteiger partial charge is 0.482 e. The zero-order valence-electron chi connectivity index (χ0n) is 75.4. The second kappa shape index (κ2) is 47.3. The van der Waals surface area contributed by atoms with Gasteiger partial charge in [0.15, 0.2) is 85.2 Å². The van der Waals surface area contributed by atoms with Crippen molar-refractivity contribution in [2.45, 2.75) is 260 Å². The van der Waals surface area contributed by atoms with E-state index in [1.165, 1.54) is 71.6 Å². The molecule has 3 saturated carbocycles. The second-order valence-electron chi connectivity index (χ2n) is 33.5. The number of rotatable bonds is 30. The maximum Gasteiger partial charge on any atom is 0.344 e. The first kappa shape index (κ1) is 95.2. The lowest BCUT2D eigenvalue weighted by molar-refractivity contribution is -0.167. The first-order chi connectivity index (χ1) is 61.6. The number of hydrogen-bond donors (Lipinski definition) is 0. The molecule has 0 spiro atoms. The van der Waals surface area contributed by atoms with E-state index < -0.39 is 5.60 Å². The summed E-state index contributed by atoms with van der Waals surface area (Å²) >= 11 is 0. The number of carbonyl (C=O) groups is 4. The molecule has 0 saturated heterocycles. The fourth-order valence-electron chi connectivity index (χ4n) is 16.7. The molecule has 127 heavy (non-hydrogen) atoms. The summed E-state index contributed by atoms with van der Waals surface area (Å²) < 4.78 is 46.3. The van der Waals surface area contributed by atoms with Crippen LogP contribution in [0.3, 0.4) is 0 Å². The highest BCUT2D eigenvalue weighted by Gasteiger charge is 2.40. The van der Waals surface area contributed by atoms with Crippen molar-refractivity contribution in [1.29, 1.82) is 0 Å². The Morgan fingerprint density at radius 1 is 0.260 bits per heavy atom. The van der Waals surface area contributed by atoms with E-state index in [4.69, 9.17) is 37.9 Å². The summed E-state index contributed by atoms with van der Waals surface area (Å²) in [5.74, 6) is 1.71. The van der Waals surface area contributed by atoms with Crippen LogP contribution in [0.25, 0.3) is 0 Å². The topological polar surface area (TPSA) is 142 Å². The minimum absolute atomic E-state index is 0.0497. The molecule has 0 N–H and O–H groups in total. The van der Waals surface area contributed by atoms with Gasteiger partial charge in [0, 0.05) is 24.3 Å². The van der Waals surface area contributed by atoms with Crippen molar-refractivity contribution in [2.75, 3.05) is 26.4 Å². The molecular formula is C111H124O12S4+4. The SMILES string of the molecule is CCC1(OC(=O)COc2c(C)cc([S+](c3ccccc3)c3ccccc3)cc2C)CCCCC1.CCC1(OC(=O)COc2ccc([S+](c3ccccc3)c3ccccc3)cc2)CCCC1.CCC1(OC(=O)COc2ccc([S+](c3ccccc3)c3ccccc3)cc2)CCCCC1.Cc1cc([S+](c2ccccc2)c2ccccc2)cc(C)c1OCC(=O)OC(C)(C)C. The average molecular weight is 1780 g/mol. The van der Waals surface area contributed by atoms with Crippen LogP contribution in [0.15, 0.2) is 374 Å². The molecule has 0 heterocycles. The van der Waals surface area contributed by atoms with Gasteiger partial charge in [0.05, 0.1) is 43.6 Å². The van der Waals surface area contributed by atoms with Crippen LogP contribution in [0, 0.1) is 27.7 Å². The standard InChI is InChI=1S/C30H35O3S.C28H31O3S.C27H29O3S.C26H29O3S/c1-4-30(18-12-7-13-19-30)33-28(31)22-32-29-23(2)20-27(21-24(29)3)34(25-14-8-5-9-15-25)26-16-10-6-11-17-26;1-2-28(20-10-5-11-21-28)31-27(29)22-30-23-16-18-26(19-17-23)32(24-12-6-3-7-13-24)25-14-8-4-9-15-25;1-2-27(19-9-10-20-27)30-26(28)21-29-22-15-17-25(18-16-22)31(23-11-5-3-6-12-23)24-13-7-4-8-14-24;1-19-16-23(17-20(2)25(19)28-18-24(27)29-26(3,4)5)30(21-12-8-6-9-13-21)22-14-10-7-11-15-22/h5-6,8-11,14-17,20-21H,4,7,12-13,18-19,22H2,1-3H3;3-4,6-9,12-19H,2,5,10-11,20-22H2,1H3;3-8,11-18H,2,9-10,19-21H2,1H3;6-17H,18H2,1-5H3/q4*+1. The Morgan fingerprint density at radius 2 is 0.457 bits per heavy atom. The Hall–Kier alpha value is -10.9. The monoisotopic (exact) mass is 1780 g/mol. The van der Waals surface area contributed by atoms with Crippen molar-refractivity contribution < 1.29 is 57.1 Å². The summed E-state index contributed by atoms with van der Waals surface area (Å²) in [5, 5.41) is 0. The fourth-order valence-corrected chi connectivity index (χ4v) is 25.4. The molecule has 0 aliphatic heterocycles. The van der Waals surface area contributed by atoms with Crippen LogP contribution >= 0.6 is 0 Å². The van der Waals surface area contributed by atoms with E-state index in [0.29, 0.717) is 11.5 Å². The minimum atomic E-state index is -0.520. The number of hydrogen-bond acceptors (Lipinski definition) is 12. The number of ether oxygens (including phenoxy) is 8. The highest BCUT2D eigenvalue weighted by Crippen LogP contribution is 2.42. The summed E-state index contributed by atoms with van der Waals surface area (Å²) in [6.07, 6.45) is 17.6. The Labute approximate surface area is 765 Å². The lowest BCUT2D eigenvalue weighted by Crippen LogP contribution is -2.38. The summed E-state index contributed by atoms with van der Waals surface area (Å²) in [6.45, 7) is 19.8. The Morgan fingerprint density at radius 3 is 0.677 bits per heavy atom. The van der Waals surface area contributed by atoms with Crippen molar-refractivity contribution in [3.63, 3.8) is 0 Å². The van der Waals surface area contributed by atoms with Crippen LogP contribution in [0.4, 0.5) is 0 Å². The quantitative estimate of drug-likeness (QED) is 0.0240. The predicted octanol–water partition coefficient (Wildman–Crippen LogP) is 26.8. The minimum Gasteiger partial charge on any atom is -0.482 e. The fraction of sp³-hybridized carbons (Fsp3) is 0.315. The van der Waals surface area contributed by atoms with Crippen LogP contribution in [0.5, 0.6) is 23.0 Å². The van der Waals surface area contributed by atoms with Crippen molar-refractivity contribution >= 4 is 67.5 Å². The number of aryl methyl sites for hydroxylation is 4. The highest BCUT2D eigenvalue weighted by atomic mass is 32.2. The van der Waals surface area contributed by atoms with Gasteiger partial charge in [-0.15, -0.1) is 0 Å². The van der Waals surface area contributed by atoms with E-state index in [1.54, 1.807) is 0 Å². The van der Waals surface area contributed by atoms with Gasteiger partial charge in [0.2, 0.25) is 0 Å². The smallest absolute Gasteiger partial charge is 0.344 e. The summed E-state index contributed by atoms with van der Waals surface area (Å²) in [6, 6.07) is 109. The van der Waals surface area contributed by atoms with Crippen molar-refractivity contribution in [2.24, 2.45) is 0 Å². The summed E-state index contributed by atoms with van der Waals surface area (Å²) in [7, 11) is -0.820. The Bertz CT molecular complexity index is 5170. The van der Waals surface area contributed by atoms with E-state index in [9.17, 15) is 19.2 Å². The van der Waals surface area contributed by atoms with Gasteiger partial charge < -0.3 is 37.9 Å². The van der Waals surface area contributed by atoms with Gasteiger partial charge in [-0.25, -0.2) is 19.2 Å². The number of esters is 4. The number of benzene rings is 12. The molecular weight excluding hydrogens is 1650 g/mol. The predicted molar refractivity (Wildman–Crippen MR) is 515 cm³/mol. The molecule has 0 atom stereocenters. The van der Waals surface area contributed by atoms with Crippen molar-refractivity contribution in [3.05, 3.63) is 338 Å². The third-order valence-electron chi connectivity index (χ3n) is 23.1. The number of carbonyl (C=O) groups excluding carboxylic acids is 4. The molecule has 0 amide bonds. The first-order valence-electron chi connectivity index (χ1n) is 44.8. The van der Waals surface area contributed by atoms with Crippen molar-refractivity contribution in [3.8, 4) is 23.0 Å². The van der Waals surface area contributed by atoms with Crippen LogP contribution < -0.4 is 18.9 Å². The lowest BCUT2D eigenvalue weighted by atomic mass is 9.83. The van der Waals surface area contributed by atoms with Gasteiger partial charge in [-0.1, -0.05) is 179 Å².